The number of benzene rings is 1. The maximum absolute atomic E-state index is 13.1. The summed E-state index contributed by atoms with van der Waals surface area (Å²) in [6.45, 7) is 9.71. The van der Waals surface area contributed by atoms with Gasteiger partial charge < -0.3 is 4.52 Å². The van der Waals surface area contributed by atoms with Crippen molar-refractivity contribution in [1.82, 2.24) is 9.88 Å². The first-order valence-electron chi connectivity index (χ1n) is 8.29. The molecule has 26 heavy (non-hydrogen) atoms. The number of rotatable bonds is 5. The molecular weight excluding hydrogens is 368 g/mol. The fraction of sp³-hybridized carbons (Fsp3) is 0.316. The van der Waals surface area contributed by atoms with Gasteiger partial charge in [-0.05, 0) is 40.2 Å². The van der Waals surface area contributed by atoms with Crippen molar-refractivity contribution in [3.8, 4) is 11.3 Å². The summed E-state index contributed by atoms with van der Waals surface area (Å²) in [4.78, 5) is 1.92. The second-order valence-electron chi connectivity index (χ2n) is 6.45. The Balaban J connectivity index is 2.00. The molecule has 1 N–H and O–H groups in total. The summed E-state index contributed by atoms with van der Waals surface area (Å²) in [5.41, 5.74) is 4.29. The van der Waals surface area contributed by atoms with Crippen LogP contribution in [0.3, 0.4) is 0 Å². The number of sulfonamides is 1. The van der Waals surface area contributed by atoms with E-state index in [0.717, 1.165) is 32.1 Å². The molecule has 0 aliphatic heterocycles. The lowest BCUT2D eigenvalue weighted by molar-refractivity contribution is 0.426. The van der Waals surface area contributed by atoms with Gasteiger partial charge in [-0.3, -0.25) is 0 Å². The second-order valence-corrected chi connectivity index (χ2v) is 9.58. The Labute approximate surface area is 158 Å². The Morgan fingerprint density at radius 3 is 2.27 bits per heavy atom. The third-order valence-electron chi connectivity index (χ3n) is 4.44. The van der Waals surface area contributed by atoms with Crippen LogP contribution in [0.5, 0.6) is 0 Å². The van der Waals surface area contributed by atoms with Crippen LogP contribution < -0.4 is 4.72 Å². The van der Waals surface area contributed by atoms with Gasteiger partial charge in [-0.1, -0.05) is 35.0 Å². The summed E-state index contributed by atoms with van der Waals surface area (Å²) in [6.07, 6.45) is 0. The van der Waals surface area contributed by atoms with E-state index in [-0.39, 0.29) is 11.4 Å². The van der Waals surface area contributed by atoms with Gasteiger partial charge in [0.05, 0.1) is 11.3 Å². The van der Waals surface area contributed by atoms with Gasteiger partial charge in [-0.25, -0.2) is 13.1 Å². The van der Waals surface area contributed by atoms with Crippen LogP contribution in [0.15, 0.2) is 33.7 Å². The first-order chi connectivity index (χ1) is 12.2. The molecule has 0 bridgehead atoms. The molecule has 0 fully saturated rings. The lowest BCUT2D eigenvalue weighted by Crippen LogP contribution is -2.24. The monoisotopic (exact) mass is 390 g/mol. The van der Waals surface area contributed by atoms with E-state index < -0.39 is 10.0 Å². The van der Waals surface area contributed by atoms with Crippen molar-refractivity contribution in [3.63, 3.8) is 0 Å². The zero-order valence-corrected chi connectivity index (χ0v) is 17.1. The highest BCUT2D eigenvalue weighted by Crippen LogP contribution is 2.40. The lowest BCUT2D eigenvalue weighted by Gasteiger charge is -2.09. The molecular formula is C19H22N2O3S2. The fourth-order valence-corrected chi connectivity index (χ4v) is 5.72. The van der Waals surface area contributed by atoms with Gasteiger partial charge in [-0.15, -0.1) is 11.3 Å². The lowest BCUT2D eigenvalue weighted by atomic mass is 10.1. The van der Waals surface area contributed by atoms with Crippen molar-refractivity contribution in [2.45, 2.75) is 46.1 Å². The number of aryl methyl sites for hydroxylation is 4. The van der Waals surface area contributed by atoms with E-state index in [4.69, 9.17) is 4.52 Å². The summed E-state index contributed by atoms with van der Waals surface area (Å²) in [5.74, 6) is 0.528. The molecule has 0 saturated carbocycles. The number of thiophene rings is 1. The predicted octanol–water partition coefficient (Wildman–Crippen LogP) is 4.42. The molecule has 3 rings (SSSR count). The van der Waals surface area contributed by atoms with Crippen LogP contribution in [0.4, 0.5) is 0 Å². The van der Waals surface area contributed by atoms with Gasteiger partial charge in [0.1, 0.15) is 4.90 Å². The summed E-state index contributed by atoms with van der Waals surface area (Å²) in [7, 11) is -3.69. The first kappa shape index (κ1) is 18.8. The topological polar surface area (TPSA) is 72.2 Å². The molecule has 0 amide bonds. The van der Waals surface area contributed by atoms with Crippen LogP contribution in [-0.4, -0.2) is 13.6 Å². The molecule has 0 unspecified atom stereocenters. The standard InChI is InChI=1S/C19H22N2O3S2/c1-11-6-8-16(9-7-11)10-20-26(22,23)19-15(5)25-14(4)17(19)18-12(2)13(3)21-24-18/h6-9,20H,10H2,1-5H3. The zero-order chi connectivity index (χ0) is 19.1. The molecule has 1 aromatic carbocycles. The van der Waals surface area contributed by atoms with Gasteiger partial charge >= 0.3 is 0 Å². The van der Waals surface area contributed by atoms with Crippen LogP contribution in [0.2, 0.25) is 0 Å². The van der Waals surface area contributed by atoms with E-state index in [9.17, 15) is 8.42 Å². The third-order valence-corrected chi connectivity index (χ3v) is 7.17. The fourth-order valence-electron chi connectivity index (χ4n) is 2.85. The first-order valence-corrected chi connectivity index (χ1v) is 10.6. The van der Waals surface area contributed by atoms with Crippen LogP contribution in [0.25, 0.3) is 11.3 Å². The minimum atomic E-state index is -3.69. The average molecular weight is 391 g/mol. The molecule has 5 nitrogen and oxygen atoms in total. The predicted molar refractivity (Wildman–Crippen MR) is 104 cm³/mol. The van der Waals surface area contributed by atoms with Crippen molar-refractivity contribution in [3.05, 3.63) is 56.4 Å². The SMILES string of the molecule is Cc1ccc(CNS(=O)(=O)c2c(C)sc(C)c2-c2onc(C)c2C)cc1. The Hall–Kier alpha value is -1.96. The number of nitrogens with one attached hydrogen (secondary N) is 1. The van der Waals surface area contributed by atoms with Crippen molar-refractivity contribution in [1.29, 1.82) is 0 Å². The van der Waals surface area contributed by atoms with Gasteiger partial charge in [-0.2, -0.15) is 0 Å². The van der Waals surface area contributed by atoms with Gasteiger partial charge in [0.15, 0.2) is 5.76 Å². The molecule has 0 spiro atoms. The molecule has 0 aliphatic rings. The maximum Gasteiger partial charge on any atom is 0.242 e. The van der Waals surface area contributed by atoms with Gasteiger partial charge in [0.2, 0.25) is 10.0 Å². The number of aromatic nitrogens is 1. The molecule has 0 radical (unpaired) electrons. The van der Waals surface area contributed by atoms with Crippen molar-refractivity contribution < 1.29 is 12.9 Å². The number of hydrogen-bond donors (Lipinski definition) is 1. The maximum atomic E-state index is 13.1. The van der Waals surface area contributed by atoms with Crippen molar-refractivity contribution in [2.24, 2.45) is 0 Å². The molecule has 0 saturated heterocycles. The average Bonchev–Trinajstić information content (AvgIpc) is 3.06. The number of hydrogen-bond acceptors (Lipinski definition) is 5. The van der Waals surface area contributed by atoms with Crippen molar-refractivity contribution >= 4 is 21.4 Å². The van der Waals surface area contributed by atoms with Crippen LogP contribution in [-0.2, 0) is 16.6 Å². The Kier molecular flexibility index (Phi) is 5.05. The van der Waals surface area contributed by atoms with Gasteiger partial charge in [0, 0.05) is 21.9 Å². The quantitative estimate of drug-likeness (QED) is 0.700. The van der Waals surface area contributed by atoms with Crippen LogP contribution >= 0.6 is 11.3 Å². The largest absolute Gasteiger partial charge is 0.356 e. The highest BCUT2D eigenvalue weighted by Gasteiger charge is 2.29. The normalized spacial score (nSPS) is 11.9. The molecule has 3 aromatic rings. The molecule has 138 valence electrons. The summed E-state index contributed by atoms with van der Waals surface area (Å²) >= 11 is 1.45. The Bertz CT molecular complexity index is 1050. The smallest absolute Gasteiger partial charge is 0.242 e. The third kappa shape index (κ3) is 3.47. The molecule has 0 aliphatic carbocycles. The van der Waals surface area contributed by atoms with E-state index >= 15 is 0 Å². The Morgan fingerprint density at radius 1 is 1.04 bits per heavy atom. The van der Waals surface area contributed by atoms with E-state index in [1.54, 1.807) is 0 Å². The minimum absolute atomic E-state index is 0.241. The second kappa shape index (κ2) is 6.98. The highest BCUT2D eigenvalue weighted by molar-refractivity contribution is 7.89. The van der Waals surface area contributed by atoms with Crippen LogP contribution in [0.1, 0.15) is 32.1 Å². The van der Waals surface area contributed by atoms with Crippen LogP contribution in [0, 0.1) is 34.6 Å². The van der Waals surface area contributed by atoms with E-state index in [1.165, 1.54) is 11.3 Å². The van der Waals surface area contributed by atoms with E-state index in [2.05, 4.69) is 9.88 Å². The molecule has 7 heteroatoms. The highest BCUT2D eigenvalue weighted by atomic mass is 32.2. The molecule has 0 atom stereocenters. The molecule has 2 heterocycles. The zero-order valence-electron chi connectivity index (χ0n) is 15.5. The summed E-state index contributed by atoms with van der Waals surface area (Å²) in [6, 6.07) is 7.79. The number of nitrogens with zero attached hydrogens (tertiary/aromatic N) is 1. The van der Waals surface area contributed by atoms with Crippen molar-refractivity contribution in [2.75, 3.05) is 0 Å². The molecule has 2 aromatic heterocycles. The Morgan fingerprint density at radius 2 is 1.69 bits per heavy atom. The van der Waals surface area contributed by atoms with Gasteiger partial charge in [0.25, 0.3) is 0 Å². The van der Waals surface area contributed by atoms with E-state index in [1.807, 2.05) is 58.9 Å². The minimum Gasteiger partial charge on any atom is -0.356 e. The van der Waals surface area contributed by atoms with E-state index in [0.29, 0.717) is 11.3 Å². The summed E-state index contributed by atoms with van der Waals surface area (Å²) < 4.78 is 34.3. The summed E-state index contributed by atoms with van der Waals surface area (Å²) in [5, 5.41) is 3.98.